The number of aromatic nitrogens is 1. The molecule has 0 aliphatic heterocycles. The Bertz CT molecular complexity index is 621. The molecule has 0 spiro atoms. The summed E-state index contributed by atoms with van der Waals surface area (Å²) in [5.74, 6) is 0.120. The predicted octanol–water partition coefficient (Wildman–Crippen LogP) is 3.93. The maximum atomic E-state index is 12.3. The number of rotatable bonds is 4. The van der Waals surface area contributed by atoms with Gasteiger partial charge in [-0.3, -0.25) is 4.79 Å². The predicted molar refractivity (Wildman–Crippen MR) is 89.6 cm³/mol. The minimum atomic E-state index is 0.0329. The van der Waals surface area contributed by atoms with Gasteiger partial charge in [-0.1, -0.05) is 20.8 Å². The van der Waals surface area contributed by atoms with Gasteiger partial charge in [-0.15, -0.1) is 11.3 Å². The summed E-state index contributed by atoms with van der Waals surface area (Å²) in [5, 5.41) is 2.94. The van der Waals surface area contributed by atoms with Crippen LogP contribution < -0.4 is 4.90 Å². The number of Topliss-reactive ketones (excluding diaryl/α,β-unsaturated/α-hetero) is 1. The molecule has 0 radical (unpaired) electrons. The third-order valence-electron chi connectivity index (χ3n) is 3.34. The van der Waals surface area contributed by atoms with Crippen LogP contribution >= 0.6 is 11.3 Å². The van der Waals surface area contributed by atoms with Crippen LogP contribution in [0.25, 0.3) is 0 Å². The van der Waals surface area contributed by atoms with Crippen molar-refractivity contribution in [3.8, 4) is 0 Å². The second-order valence-electron chi connectivity index (χ2n) is 6.42. The summed E-state index contributed by atoms with van der Waals surface area (Å²) in [6.45, 7) is 6.40. The number of hydrogen-bond donors (Lipinski definition) is 0. The molecule has 0 saturated heterocycles. The molecule has 0 aliphatic carbocycles. The Balaban J connectivity index is 2.09. The van der Waals surface area contributed by atoms with Gasteiger partial charge in [-0.25, -0.2) is 4.98 Å². The first kappa shape index (κ1) is 15.7. The SMILES string of the molecule is CN(C)c1ccc(C(=O)Cc2nc(C(C)(C)C)cs2)cc1. The maximum Gasteiger partial charge on any atom is 0.169 e. The van der Waals surface area contributed by atoms with E-state index in [2.05, 4.69) is 31.1 Å². The fourth-order valence-electron chi connectivity index (χ4n) is 1.92. The number of benzene rings is 1. The first-order chi connectivity index (χ1) is 9.77. The van der Waals surface area contributed by atoms with Crippen LogP contribution in [0.5, 0.6) is 0 Å². The van der Waals surface area contributed by atoms with Crippen molar-refractivity contribution in [3.05, 3.63) is 45.9 Å². The zero-order valence-corrected chi connectivity index (χ0v) is 14.1. The Morgan fingerprint density at radius 1 is 1.19 bits per heavy atom. The van der Waals surface area contributed by atoms with E-state index in [9.17, 15) is 4.79 Å². The van der Waals surface area contributed by atoms with E-state index in [1.54, 1.807) is 11.3 Å². The third kappa shape index (κ3) is 3.91. The lowest BCUT2D eigenvalue weighted by Crippen LogP contribution is -2.12. The molecule has 0 atom stereocenters. The fraction of sp³-hybridized carbons (Fsp3) is 0.412. The second kappa shape index (κ2) is 5.98. The molecular weight excluding hydrogens is 280 g/mol. The number of ketones is 1. The van der Waals surface area contributed by atoms with Crippen molar-refractivity contribution in [2.24, 2.45) is 0 Å². The van der Waals surface area contributed by atoms with Crippen LogP contribution in [0.4, 0.5) is 5.69 Å². The molecule has 112 valence electrons. The van der Waals surface area contributed by atoms with E-state index in [4.69, 9.17) is 0 Å². The van der Waals surface area contributed by atoms with Gasteiger partial charge >= 0.3 is 0 Å². The highest BCUT2D eigenvalue weighted by molar-refractivity contribution is 7.09. The van der Waals surface area contributed by atoms with Crippen molar-refractivity contribution in [2.75, 3.05) is 19.0 Å². The highest BCUT2D eigenvalue weighted by Gasteiger charge is 2.18. The number of nitrogens with zero attached hydrogens (tertiary/aromatic N) is 2. The first-order valence-corrected chi connectivity index (χ1v) is 7.91. The molecule has 2 aromatic rings. The molecule has 2 rings (SSSR count). The molecule has 4 heteroatoms. The Kier molecular flexibility index (Phi) is 4.47. The van der Waals surface area contributed by atoms with Gasteiger partial charge in [0.2, 0.25) is 0 Å². The molecule has 3 nitrogen and oxygen atoms in total. The van der Waals surface area contributed by atoms with Crippen LogP contribution in [0.2, 0.25) is 0 Å². The fourth-order valence-corrected chi connectivity index (χ4v) is 2.94. The summed E-state index contributed by atoms with van der Waals surface area (Å²) >= 11 is 1.57. The van der Waals surface area contributed by atoms with Crippen LogP contribution in [0, 0.1) is 0 Å². The molecule has 0 N–H and O–H groups in total. The molecule has 21 heavy (non-hydrogen) atoms. The van der Waals surface area contributed by atoms with Gasteiger partial charge in [0.25, 0.3) is 0 Å². The molecule has 0 amide bonds. The lowest BCUT2D eigenvalue weighted by Gasteiger charge is -2.14. The average molecular weight is 302 g/mol. The Morgan fingerprint density at radius 3 is 2.29 bits per heavy atom. The molecule has 1 aromatic heterocycles. The largest absolute Gasteiger partial charge is 0.378 e. The van der Waals surface area contributed by atoms with Crippen molar-refractivity contribution < 1.29 is 4.79 Å². The van der Waals surface area contributed by atoms with Gasteiger partial charge in [0, 0.05) is 36.1 Å². The van der Waals surface area contributed by atoms with Crippen LogP contribution in [-0.2, 0) is 11.8 Å². The summed E-state index contributed by atoms with van der Waals surface area (Å²) in [5.41, 5.74) is 2.92. The molecular formula is C17H22N2OS. The van der Waals surface area contributed by atoms with Crippen LogP contribution in [-0.4, -0.2) is 24.9 Å². The number of thiazole rings is 1. The van der Waals surface area contributed by atoms with E-state index in [0.717, 1.165) is 22.0 Å². The van der Waals surface area contributed by atoms with Gasteiger partial charge in [-0.05, 0) is 24.3 Å². The molecule has 0 aliphatic rings. The van der Waals surface area contributed by atoms with Crippen molar-refractivity contribution in [1.29, 1.82) is 0 Å². The lowest BCUT2D eigenvalue weighted by molar-refractivity contribution is 0.0993. The molecule has 0 bridgehead atoms. The Morgan fingerprint density at radius 2 is 1.81 bits per heavy atom. The molecule has 0 saturated carbocycles. The number of hydrogen-bond acceptors (Lipinski definition) is 4. The number of carbonyl (C=O) groups is 1. The van der Waals surface area contributed by atoms with Gasteiger partial charge in [-0.2, -0.15) is 0 Å². The molecule has 1 heterocycles. The Hall–Kier alpha value is -1.68. The van der Waals surface area contributed by atoms with Gasteiger partial charge in [0.1, 0.15) is 5.01 Å². The minimum absolute atomic E-state index is 0.0329. The van der Waals surface area contributed by atoms with Crippen molar-refractivity contribution >= 4 is 22.8 Å². The molecule has 0 unspecified atom stereocenters. The maximum absolute atomic E-state index is 12.3. The first-order valence-electron chi connectivity index (χ1n) is 7.03. The van der Waals surface area contributed by atoms with E-state index in [1.165, 1.54) is 0 Å². The van der Waals surface area contributed by atoms with Gasteiger partial charge < -0.3 is 4.90 Å². The molecule has 0 fully saturated rings. The zero-order valence-electron chi connectivity index (χ0n) is 13.3. The summed E-state index contributed by atoms with van der Waals surface area (Å²) < 4.78 is 0. The standard InChI is InChI=1S/C17H22N2OS/c1-17(2,3)15-11-21-16(18-15)10-14(20)12-6-8-13(9-7-12)19(4)5/h6-9,11H,10H2,1-5H3. The number of anilines is 1. The van der Waals surface area contributed by atoms with Gasteiger partial charge in [0.05, 0.1) is 12.1 Å². The monoisotopic (exact) mass is 302 g/mol. The minimum Gasteiger partial charge on any atom is -0.378 e. The lowest BCUT2D eigenvalue weighted by atomic mass is 9.93. The zero-order chi connectivity index (χ0) is 15.6. The number of carbonyl (C=O) groups excluding carboxylic acids is 1. The van der Waals surface area contributed by atoms with E-state index in [1.807, 2.05) is 43.3 Å². The Labute approximate surface area is 130 Å². The summed E-state index contributed by atoms with van der Waals surface area (Å²) in [4.78, 5) is 18.9. The van der Waals surface area contributed by atoms with Crippen molar-refractivity contribution in [1.82, 2.24) is 4.98 Å². The van der Waals surface area contributed by atoms with E-state index < -0.39 is 0 Å². The topological polar surface area (TPSA) is 33.2 Å². The highest BCUT2D eigenvalue weighted by Crippen LogP contribution is 2.24. The quantitative estimate of drug-likeness (QED) is 0.802. The van der Waals surface area contributed by atoms with E-state index >= 15 is 0 Å². The summed E-state index contributed by atoms with van der Waals surface area (Å²) in [6, 6.07) is 7.71. The molecule has 1 aromatic carbocycles. The van der Waals surface area contributed by atoms with Crippen molar-refractivity contribution in [3.63, 3.8) is 0 Å². The van der Waals surface area contributed by atoms with E-state index in [-0.39, 0.29) is 11.2 Å². The van der Waals surface area contributed by atoms with Gasteiger partial charge in [0.15, 0.2) is 5.78 Å². The average Bonchev–Trinajstić information content (AvgIpc) is 2.87. The summed E-state index contributed by atoms with van der Waals surface area (Å²) in [6.07, 6.45) is 0.377. The normalized spacial score (nSPS) is 11.5. The van der Waals surface area contributed by atoms with Crippen molar-refractivity contribution in [2.45, 2.75) is 32.6 Å². The van der Waals surface area contributed by atoms with Crippen LogP contribution in [0.1, 0.15) is 41.8 Å². The van der Waals surface area contributed by atoms with Crippen LogP contribution in [0.3, 0.4) is 0 Å². The highest BCUT2D eigenvalue weighted by atomic mass is 32.1. The second-order valence-corrected chi connectivity index (χ2v) is 7.36. The third-order valence-corrected chi connectivity index (χ3v) is 4.19. The van der Waals surface area contributed by atoms with Crippen LogP contribution in [0.15, 0.2) is 29.6 Å². The van der Waals surface area contributed by atoms with E-state index in [0.29, 0.717) is 6.42 Å². The summed E-state index contributed by atoms with van der Waals surface area (Å²) in [7, 11) is 3.97. The smallest absolute Gasteiger partial charge is 0.169 e.